The van der Waals surface area contributed by atoms with E-state index in [0.717, 1.165) is 26.7 Å². The smallest absolute Gasteiger partial charge is 0.168 e. The number of aromatic hydroxyl groups is 4. The van der Waals surface area contributed by atoms with Crippen molar-refractivity contribution in [2.24, 2.45) is 0 Å². The second-order valence-corrected chi connectivity index (χ2v) is 8.19. The Kier molecular flexibility index (Phi) is 5.46. The highest BCUT2D eigenvalue weighted by Crippen LogP contribution is 2.46. The zero-order chi connectivity index (χ0) is 22.3. The Bertz CT molecular complexity index is 1210. The second kappa shape index (κ2) is 8.08. The highest BCUT2D eigenvalue weighted by Gasteiger charge is 2.26. The maximum Gasteiger partial charge on any atom is 0.168 e. The summed E-state index contributed by atoms with van der Waals surface area (Å²) in [6.07, 6.45) is 3.57. The van der Waals surface area contributed by atoms with Gasteiger partial charge >= 0.3 is 0 Å². The van der Waals surface area contributed by atoms with Crippen molar-refractivity contribution in [3.05, 3.63) is 82.0 Å². The van der Waals surface area contributed by atoms with Gasteiger partial charge in [0.25, 0.3) is 0 Å². The van der Waals surface area contributed by atoms with Crippen molar-refractivity contribution in [3.63, 3.8) is 0 Å². The van der Waals surface area contributed by atoms with Gasteiger partial charge in [-0.1, -0.05) is 64.5 Å². The van der Waals surface area contributed by atoms with Crippen LogP contribution in [0.2, 0.25) is 0 Å². The van der Waals surface area contributed by atoms with Gasteiger partial charge in [0.05, 0.1) is 11.6 Å². The molecule has 0 amide bonds. The van der Waals surface area contributed by atoms with Crippen LogP contribution in [0.5, 0.6) is 23.0 Å². The van der Waals surface area contributed by atoms with Gasteiger partial charge < -0.3 is 25.7 Å². The summed E-state index contributed by atoms with van der Waals surface area (Å²) in [6.45, 7) is 1.82. The molecule has 1 unspecified atom stereocenters. The number of allylic oxidation sites excluding steroid dienone is 2. The van der Waals surface area contributed by atoms with Gasteiger partial charge in [-0.3, -0.25) is 0 Å². The summed E-state index contributed by atoms with van der Waals surface area (Å²) in [5.41, 5.74) is 3.83. The maximum absolute atomic E-state index is 10.3. The lowest BCUT2D eigenvalue weighted by Crippen LogP contribution is -2.18. The lowest BCUT2D eigenvalue weighted by Gasteiger charge is -2.24. The van der Waals surface area contributed by atoms with E-state index in [4.69, 9.17) is 7.85 Å². The number of phenols is 4. The molecule has 5 N–H and O–H groups in total. The van der Waals surface area contributed by atoms with E-state index in [9.17, 15) is 20.4 Å². The molecule has 31 heavy (non-hydrogen) atoms. The predicted molar refractivity (Wildman–Crippen MR) is 126 cm³/mol. The Morgan fingerprint density at radius 2 is 1.48 bits per heavy atom. The molecule has 0 aromatic heterocycles. The van der Waals surface area contributed by atoms with Crippen molar-refractivity contribution in [2.45, 2.75) is 13.0 Å². The highest BCUT2D eigenvalue weighted by atomic mass is 79.9. The highest BCUT2D eigenvalue weighted by molar-refractivity contribution is 9.10. The number of hydrogen-bond acceptors (Lipinski definition) is 5. The number of nitrogens with one attached hydrogen (secondary N) is 1. The van der Waals surface area contributed by atoms with Gasteiger partial charge in [0.2, 0.25) is 0 Å². The zero-order valence-electron chi connectivity index (χ0n) is 16.6. The van der Waals surface area contributed by atoms with Crippen LogP contribution in [-0.2, 0) is 0 Å². The van der Waals surface area contributed by atoms with Crippen LogP contribution >= 0.6 is 15.9 Å². The van der Waals surface area contributed by atoms with Crippen LogP contribution in [0.15, 0.2) is 70.9 Å². The molecule has 0 saturated heterocycles. The molecule has 0 aliphatic carbocycles. The van der Waals surface area contributed by atoms with Crippen LogP contribution < -0.4 is 10.8 Å². The average molecular weight is 476 g/mol. The third kappa shape index (κ3) is 3.66. The number of rotatable bonds is 3. The van der Waals surface area contributed by atoms with Crippen molar-refractivity contribution in [3.8, 4) is 34.1 Å². The quantitative estimate of drug-likeness (QED) is 0.220. The Morgan fingerprint density at radius 3 is 2.06 bits per heavy atom. The number of phenolic OH excluding ortho intramolecular Hbond substituents is 4. The van der Waals surface area contributed by atoms with Crippen molar-refractivity contribution in [2.75, 3.05) is 0 Å². The first-order valence-electron chi connectivity index (χ1n) is 9.55. The van der Waals surface area contributed by atoms with Crippen LogP contribution in [0.4, 0.5) is 0 Å². The minimum Gasteiger partial charge on any atom is -0.505 e. The summed E-state index contributed by atoms with van der Waals surface area (Å²) < 4.78 is 1.02. The normalized spacial score (nSPS) is 15.7. The summed E-state index contributed by atoms with van der Waals surface area (Å²) in [4.78, 5) is 0. The van der Waals surface area contributed by atoms with E-state index in [1.54, 1.807) is 6.20 Å². The second-order valence-electron chi connectivity index (χ2n) is 7.34. The predicted octanol–water partition coefficient (Wildman–Crippen LogP) is 4.36. The van der Waals surface area contributed by atoms with Crippen LogP contribution in [0, 0.1) is 0 Å². The molecule has 5 nitrogen and oxygen atoms in total. The lowest BCUT2D eigenvalue weighted by atomic mass is 9.86. The molecule has 1 atom stereocenters. The van der Waals surface area contributed by atoms with E-state index in [1.807, 2.05) is 61.5 Å². The lowest BCUT2D eigenvalue weighted by molar-refractivity contribution is 0.376. The van der Waals surface area contributed by atoms with Crippen molar-refractivity contribution in [1.29, 1.82) is 0 Å². The molecular formula is C24H19BBrNO4. The van der Waals surface area contributed by atoms with Gasteiger partial charge in [-0.05, 0) is 40.7 Å². The van der Waals surface area contributed by atoms with E-state index in [2.05, 4.69) is 21.2 Å². The summed E-state index contributed by atoms with van der Waals surface area (Å²) in [6, 6.07) is 16.1. The summed E-state index contributed by atoms with van der Waals surface area (Å²) >= 11 is 3.58. The van der Waals surface area contributed by atoms with Gasteiger partial charge in [0.1, 0.15) is 7.85 Å². The molecule has 3 aromatic carbocycles. The average Bonchev–Trinajstić information content (AvgIpc) is 2.78. The standard InChI is InChI=1S/C24H19BBrNO4/c1-12-10-18(14-8-6-13(7-9-14)15-4-2-3-5-17(15)26)27-11-16(12)19-21(28)23(30)20(25)24(31)22(19)29/h2-11,18,27-31H,1H3. The molecule has 3 aromatic rings. The summed E-state index contributed by atoms with van der Waals surface area (Å²) in [5.74, 6) is -2.54. The molecule has 1 heterocycles. The molecule has 0 saturated carbocycles. The van der Waals surface area contributed by atoms with Crippen LogP contribution in [0.3, 0.4) is 0 Å². The van der Waals surface area contributed by atoms with Crippen molar-refractivity contribution in [1.82, 2.24) is 5.32 Å². The summed E-state index contributed by atoms with van der Waals surface area (Å²) in [5, 5.41) is 43.7. The van der Waals surface area contributed by atoms with E-state index in [0.29, 0.717) is 5.57 Å². The van der Waals surface area contributed by atoms with Crippen LogP contribution in [-0.4, -0.2) is 28.3 Å². The molecule has 1 aliphatic heterocycles. The maximum atomic E-state index is 10.3. The summed E-state index contributed by atoms with van der Waals surface area (Å²) in [7, 11) is 5.51. The molecule has 0 bridgehead atoms. The first-order chi connectivity index (χ1) is 14.8. The van der Waals surface area contributed by atoms with Crippen LogP contribution in [0.25, 0.3) is 16.7 Å². The SMILES string of the molecule is [B]c1c(O)c(O)c(C2=CNC(c3ccc(-c4ccccc4Br)cc3)C=C2C)c(O)c1O. The van der Waals surface area contributed by atoms with Gasteiger partial charge in [0.15, 0.2) is 23.0 Å². The Hall–Kier alpha value is -3.32. The largest absolute Gasteiger partial charge is 0.505 e. The molecular weight excluding hydrogens is 457 g/mol. The fourth-order valence-electron chi connectivity index (χ4n) is 3.67. The van der Waals surface area contributed by atoms with Gasteiger partial charge in [-0.25, -0.2) is 0 Å². The Labute approximate surface area is 189 Å². The molecule has 154 valence electrons. The van der Waals surface area contributed by atoms with E-state index in [1.165, 1.54) is 0 Å². The zero-order valence-corrected chi connectivity index (χ0v) is 18.2. The number of dihydropyridines is 1. The number of benzene rings is 3. The Morgan fingerprint density at radius 1 is 0.871 bits per heavy atom. The third-order valence-electron chi connectivity index (χ3n) is 5.41. The first-order valence-corrected chi connectivity index (χ1v) is 10.3. The number of halogens is 1. The molecule has 2 radical (unpaired) electrons. The van der Waals surface area contributed by atoms with Gasteiger partial charge in [0, 0.05) is 16.2 Å². The van der Waals surface area contributed by atoms with Crippen molar-refractivity contribution < 1.29 is 20.4 Å². The van der Waals surface area contributed by atoms with E-state index in [-0.39, 0.29) is 11.6 Å². The molecule has 7 heteroatoms. The molecule has 1 aliphatic rings. The fraction of sp³-hybridized carbons (Fsp3) is 0.0833. The van der Waals surface area contributed by atoms with Crippen molar-refractivity contribution >= 4 is 34.8 Å². The van der Waals surface area contributed by atoms with E-state index >= 15 is 0 Å². The minimum absolute atomic E-state index is 0.0897. The topological polar surface area (TPSA) is 93.0 Å². The van der Waals surface area contributed by atoms with Crippen LogP contribution in [0.1, 0.15) is 24.1 Å². The molecule has 0 spiro atoms. The fourth-order valence-corrected chi connectivity index (χ4v) is 4.19. The van der Waals surface area contributed by atoms with E-state index < -0.39 is 28.5 Å². The molecule has 4 rings (SSSR count). The number of hydrogen-bond donors (Lipinski definition) is 5. The minimum atomic E-state index is -0.677. The van der Waals surface area contributed by atoms with Gasteiger partial charge in [-0.2, -0.15) is 0 Å². The van der Waals surface area contributed by atoms with Gasteiger partial charge in [-0.15, -0.1) is 0 Å². The molecule has 0 fully saturated rings. The third-order valence-corrected chi connectivity index (χ3v) is 6.10. The monoisotopic (exact) mass is 475 g/mol. The Balaban J connectivity index is 1.64. The first kappa shape index (κ1) is 20.9.